The van der Waals surface area contributed by atoms with Crippen molar-refractivity contribution < 1.29 is 9.84 Å². The van der Waals surface area contributed by atoms with Crippen molar-refractivity contribution >= 4 is 0 Å². The van der Waals surface area contributed by atoms with Gasteiger partial charge in [0.25, 0.3) is 0 Å². The van der Waals surface area contributed by atoms with Gasteiger partial charge in [0.1, 0.15) is 5.75 Å². The maximum Gasteiger partial charge on any atom is 0.118 e. The van der Waals surface area contributed by atoms with Crippen LogP contribution in [0.5, 0.6) is 5.75 Å². The topological polar surface area (TPSA) is 41.5 Å². The van der Waals surface area contributed by atoms with Gasteiger partial charge in [-0.25, -0.2) is 0 Å². The Hall–Kier alpha value is -1.84. The third-order valence-corrected chi connectivity index (χ3v) is 3.65. The molecular weight excluding hydrogens is 262 g/mol. The monoisotopic (exact) mass is 285 g/mol. The number of ether oxygens (including phenoxy) is 1. The van der Waals surface area contributed by atoms with Gasteiger partial charge in [-0.2, -0.15) is 0 Å². The zero-order valence-electron chi connectivity index (χ0n) is 12.7. The summed E-state index contributed by atoms with van der Waals surface area (Å²) in [6, 6.07) is 16.5. The summed E-state index contributed by atoms with van der Waals surface area (Å²) in [5, 5.41) is 12.7. The Kier molecular flexibility index (Phi) is 5.78. The number of benzene rings is 2. The summed E-state index contributed by atoms with van der Waals surface area (Å²) in [5.74, 6) is 0.879. The van der Waals surface area contributed by atoms with Crippen molar-refractivity contribution in [3.05, 3.63) is 65.2 Å². The standard InChI is InChI=1S/C18H23NO2/c1-3-18(16-7-9-17(21-2)10-8-16)19-12-14-5-4-6-15(11-14)13-20/h4-11,18-20H,3,12-13H2,1-2H3. The first-order valence-corrected chi connectivity index (χ1v) is 7.32. The Morgan fingerprint density at radius 1 is 1.10 bits per heavy atom. The van der Waals surface area contributed by atoms with E-state index >= 15 is 0 Å². The number of hydrogen-bond donors (Lipinski definition) is 2. The van der Waals surface area contributed by atoms with E-state index < -0.39 is 0 Å². The van der Waals surface area contributed by atoms with E-state index in [0.717, 1.165) is 24.3 Å². The predicted octanol–water partition coefficient (Wildman–Crippen LogP) is 3.43. The molecule has 2 aromatic carbocycles. The van der Waals surface area contributed by atoms with Gasteiger partial charge in [0, 0.05) is 12.6 Å². The molecule has 0 heterocycles. The molecule has 3 heteroatoms. The zero-order valence-corrected chi connectivity index (χ0v) is 12.7. The van der Waals surface area contributed by atoms with Crippen LogP contribution in [0.4, 0.5) is 0 Å². The molecule has 3 nitrogen and oxygen atoms in total. The van der Waals surface area contributed by atoms with Gasteiger partial charge in [0.15, 0.2) is 0 Å². The molecule has 0 aliphatic heterocycles. The molecule has 1 atom stereocenters. The summed E-state index contributed by atoms with van der Waals surface area (Å²) in [6.45, 7) is 3.05. The molecule has 2 rings (SSSR count). The Morgan fingerprint density at radius 2 is 1.81 bits per heavy atom. The smallest absolute Gasteiger partial charge is 0.118 e. The molecule has 0 saturated carbocycles. The molecule has 0 radical (unpaired) electrons. The molecule has 2 N–H and O–H groups in total. The number of aliphatic hydroxyl groups is 1. The van der Waals surface area contributed by atoms with E-state index in [1.165, 1.54) is 11.1 Å². The van der Waals surface area contributed by atoms with Crippen molar-refractivity contribution in [2.75, 3.05) is 7.11 Å². The molecule has 112 valence electrons. The first-order chi connectivity index (χ1) is 10.3. The number of hydrogen-bond acceptors (Lipinski definition) is 3. The summed E-state index contributed by atoms with van der Waals surface area (Å²) in [5.41, 5.74) is 3.40. The number of rotatable bonds is 7. The molecular formula is C18H23NO2. The fourth-order valence-corrected chi connectivity index (χ4v) is 2.41. The Bertz CT molecular complexity index is 551. The Morgan fingerprint density at radius 3 is 2.43 bits per heavy atom. The molecule has 2 aromatic rings. The maximum atomic E-state index is 9.18. The van der Waals surface area contributed by atoms with Crippen LogP contribution in [0, 0.1) is 0 Å². The molecule has 0 aliphatic carbocycles. The lowest BCUT2D eigenvalue weighted by atomic mass is 10.0. The van der Waals surface area contributed by atoms with Gasteiger partial charge in [0.2, 0.25) is 0 Å². The highest BCUT2D eigenvalue weighted by atomic mass is 16.5. The average Bonchev–Trinajstić information content (AvgIpc) is 2.56. The van der Waals surface area contributed by atoms with Crippen LogP contribution in [-0.4, -0.2) is 12.2 Å². The highest BCUT2D eigenvalue weighted by molar-refractivity contribution is 5.29. The summed E-state index contributed by atoms with van der Waals surface area (Å²) >= 11 is 0. The van der Waals surface area contributed by atoms with Crippen LogP contribution in [0.1, 0.15) is 36.1 Å². The van der Waals surface area contributed by atoms with E-state index in [4.69, 9.17) is 4.74 Å². The third kappa shape index (κ3) is 4.31. The van der Waals surface area contributed by atoms with Crippen LogP contribution in [0.2, 0.25) is 0 Å². The Balaban J connectivity index is 2.01. The zero-order chi connectivity index (χ0) is 15.1. The summed E-state index contributed by atoms with van der Waals surface area (Å²) in [4.78, 5) is 0. The van der Waals surface area contributed by atoms with Crippen LogP contribution >= 0.6 is 0 Å². The molecule has 0 amide bonds. The van der Waals surface area contributed by atoms with E-state index in [0.29, 0.717) is 6.04 Å². The Labute approximate surface area is 126 Å². The van der Waals surface area contributed by atoms with Crippen molar-refractivity contribution in [2.45, 2.75) is 32.5 Å². The summed E-state index contributed by atoms with van der Waals surface area (Å²) in [6.07, 6.45) is 1.02. The lowest BCUT2D eigenvalue weighted by molar-refractivity contribution is 0.281. The van der Waals surface area contributed by atoms with E-state index in [-0.39, 0.29) is 6.61 Å². The third-order valence-electron chi connectivity index (χ3n) is 3.65. The molecule has 0 spiro atoms. The summed E-state index contributed by atoms with van der Waals surface area (Å²) < 4.78 is 5.19. The molecule has 1 unspecified atom stereocenters. The number of methoxy groups -OCH3 is 1. The van der Waals surface area contributed by atoms with Gasteiger partial charge in [-0.1, -0.05) is 43.3 Å². The van der Waals surface area contributed by atoms with Crippen molar-refractivity contribution in [3.63, 3.8) is 0 Å². The van der Waals surface area contributed by atoms with Crippen molar-refractivity contribution in [2.24, 2.45) is 0 Å². The molecule has 0 aromatic heterocycles. The minimum absolute atomic E-state index is 0.0868. The minimum atomic E-state index is 0.0868. The largest absolute Gasteiger partial charge is 0.497 e. The van der Waals surface area contributed by atoms with Crippen molar-refractivity contribution in [1.29, 1.82) is 0 Å². The quantitative estimate of drug-likeness (QED) is 0.819. The van der Waals surface area contributed by atoms with Gasteiger partial charge in [0.05, 0.1) is 13.7 Å². The minimum Gasteiger partial charge on any atom is -0.497 e. The molecule has 21 heavy (non-hydrogen) atoms. The second-order valence-corrected chi connectivity index (χ2v) is 5.09. The fraction of sp³-hybridized carbons (Fsp3) is 0.333. The van der Waals surface area contributed by atoms with E-state index in [1.54, 1.807) is 7.11 Å². The fourth-order valence-electron chi connectivity index (χ4n) is 2.41. The van der Waals surface area contributed by atoms with Crippen molar-refractivity contribution in [1.82, 2.24) is 5.32 Å². The molecule has 0 saturated heterocycles. The lowest BCUT2D eigenvalue weighted by Crippen LogP contribution is -2.20. The number of aliphatic hydroxyl groups excluding tert-OH is 1. The predicted molar refractivity (Wildman–Crippen MR) is 85.2 cm³/mol. The SMILES string of the molecule is CCC(NCc1cccc(CO)c1)c1ccc(OC)cc1. The van der Waals surface area contributed by atoms with Crippen molar-refractivity contribution in [3.8, 4) is 5.75 Å². The second-order valence-electron chi connectivity index (χ2n) is 5.09. The molecule has 0 fully saturated rings. The molecule has 0 bridgehead atoms. The van der Waals surface area contributed by atoms with Gasteiger partial charge >= 0.3 is 0 Å². The van der Waals surface area contributed by atoms with Crippen LogP contribution in [0.3, 0.4) is 0 Å². The lowest BCUT2D eigenvalue weighted by Gasteiger charge is -2.18. The summed E-state index contributed by atoms with van der Waals surface area (Å²) in [7, 11) is 1.68. The first kappa shape index (κ1) is 15.5. The average molecular weight is 285 g/mol. The second kappa shape index (κ2) is 7.81. The van der Waals surface area contributed by atoms with Crippen LogP contribution in [0.25, 0.3) is 0 Å². The van der Waals surface area contributed by atoms with E-state index in [9.17, 15) is 5.11 Å². The van der Waals surface area contributed by atoms with Crippen LogP contribution in [0.15, 0.2) is 48.5 Å². The highest BCUT2D eigenvalue weighted by Crippen LogP contribution is 2.20. The number of nitrogens with one attached hydrogen (secondary N) is 1. The van der Waals surface area contributed by atoms with Crippen LogP contribution < -0.4 is 10.1 Å². The van der Waals surface area contributed by atoms with Gasteiger partial charge in [-0.15, -0.1) is 0 Å². The van der Waals surface area contributed by atoms with Gasteiger partial charge < -0.3 is 15.2 Å². The van der Waals surface area contributed by atoms with Crippen LogP contribution in [-0.2, 0) is 13.2 Å². The van der Waals surface area contributed by atoms with E-state index in [1.807, 2.05) is 30.3 Å². The van der Waals surface area contributed by atoms with Gasteiger partial charge in [-0.05, 0) is 35.2 Å². The highest BCUT2D eigenvalue weighted by Gasteiger charge is 2.08. The first-order valence-electron chi connectivity index (χ1n) is 7.32. The van der Waals surface area contributed by atoms with Gasteiger partial charge in [-0.3, -0.25) is 0 Å². The normalized spacial score (nSPS) is 12.1. The van der Waals surface area contributed by atoms with E-state index in [2.05, 4.69) is 30.4 Å². The molecule has 0 aliphatic rings. The maximum absolute atomic E-state index is 9.18.